The zero-order valence-corrected chi connectivity index (χ0v) is 24.3. The maximum atomic E-state index is 6.49. The van der Waals surface area contributed by atoms with Crippen LogP contribution in [0.25, 0.3) is 71.0 Å². The van der Waals surface area contributed by atoms with Gasteiger partial charge in [0.1, 0.15) is 11.2 Å². The quantitative estimate of drug-likeness (QED) is 0.209. The first-order valence-electron chi connectivity index (χ1n) is 14.6. The van der Waals surface area contributed by atoms with E-state index in [-0.39, 0.29) is 0 Å². The van der Waals surface area contributed by atoms with Gasteiger partial charge in [0.25, 0.3) is 0 Å². The smallest absolute Gasteiger partial charge is 0.144 e. The molecule has 0 aliphatic rings. The molecule has 0 spiro atoms. The molecule has 0 radical (unpaired) electrons. The number of fused-ring (bicyclic) bond motifs is 11. The van der Waals surface area contributed by atoms with Crippen LogP contribution in [0.2, 0.25) is 0 Å². The average molecular weight is 524 g/mol. The molecule has 0 fully saturated rings. The molecule has 2 heterocycles. The summed E-state index contributed by atoms with van der Waals surface area (Å²) in [7, 11) is 0. The maximum Gasteiger partial charge on any atom is 0.144 e. The predicted molar refractivity (Wildman–Crippen MR) is 177 cm³/mol. The van der Waals surface area contributed by atoms with E-state index >= 15 is 0 Å². The second-order valence-electron chi connectivity index (χ2n) is 8.96. The van der Waals surface area contributed by atoms with Crippen molar-refractivity contribution in [3.05, 3.63) is 115 Å². The summed E-state index contributed by atoms with van der Waals surface area (Å²) in [6.45, 7) is 12.0. The Morgan fingerprint density at radius 1 is 0.475 bits per heavy atom. The summed E-state index contributed by atoms with van der Waals surface area (Å²) < 4.78 is 8.92. The first kappa shape index (κ1) is 27.0. The molecular formula is C38H37NO. The van der Waals surface area contributed by atoms with Gasteiger partial charge in [-0.15, -0.1) is 0 Å². The monoisotopic (exact) mass is 523 g/mol. The van der Waals surface area contributed by atoms with E-state index in [1.54, 1.807) is 0 Å². The molecule has 0 atom stereocenters. The van der Waals surface area contributed by atoms with Crippen molar-refractivity contribution in [3.63, 3.8) is 0 Å². The lowest BCUT2D eigenvalue weighted by atomic mass is 9.99. The lowest BCUT2D eigenvalue weighted by Gasteiger charge is -2.11. The number of hydrogen-bond donors (Lipinski definition) is 0. The number of hydrogen-bond acceptors (Lipinski definition) is 1. The molecule has 8 rings (SSSR count). The Labute approximate surface area is 236 Å². The van der Waals surface area contributed by atoms with Crippen molar-refractivity contribution in [3.8, 4) is 5.69 Å². The Morgan fingerprint density at radius 3 is 1.80 bits per heavy atom. The number of furan rings is 1. The van der Waals surface area contributed by atoms with Gasteiger partial charge in [0, 0.05) is 38.0 Å². The predicted octanol–water partition coefficient (Wildman–Crippen LogP) is 12.1. The van der Waals surface area contributed by atoms with Crippen LogP contribution in [0.1, 0.15) is 41.5 Å². The molecule has 40 heavy (non-hydrogen) atoms. The van der Waals surface area contributed by atoms with Gasteiger partial charge in [-0.25, -0.2) is 0 Å². The van der Waals surface area contributed by atoms with Crippen LogP contribution in [-0.2, 0) is 0 Å². The van der Waals surface area contributed by atoms with Gasteiger partial charge >= 0.3 is 0 Å². The zero-order valence-electron chi connectivity index (χ0n) is 24.3. The van der Waals surface area contributed by atoms with Crippen molar-refractivity contribution >= 4 is 65.3 Å². The molecular weight excluding hydrogens is 486 g/mol. The highest BCUT2D eigenvalue weighted by Gasteiger charge is 2.22. The Bertz CT molecular complexity index is 2070. The second kappa shape index (κ2) is 11.7. The number of aromatic nitrogens is 1. The third-order valence-corrected chi connectivity index (χ3v) is 7.14. The van der Waals surface area contributed by atoms with Gasteiger partial charge in [0.15, 0.2) is 0 Å². The third kappa shape index (κ3) is 4.12. The molecule has 2 nitrogen and oxygen atoms in total. The molecule has 0 saturated carbocycles. The minimum absolute atomic E-state index is 0.928. The highest BCUT2D eigenvalue weighted by atomic mass is 16.3. The first-order chi connectivity index (χ1) is 19.9. The molecule has 0 bridgehead atoms. The van der Waals surface area contributed by atoms with Crippen molar-refractivity contribution < 1.29 is 4.42 Å². The van der Waals surface area contributed by atoms with Crippen LogP contribution in [0.3, 0.4) is 0 Å². The number of para-hydroxylation sites is 2. The average Bonchev–Trinajstić information content (AvgIpc) is 3.60. The lowest BCUT2D eigenvalue weighted by Crippen LogP contribution is -1.94. The van der Waals surface area contributed by atoms with E-state index in [1.165, 1.54) is 49.0 Å². The highest BCUT2D eigenvalue weighted by Crippen LogP contribution is 2.45. The Morgan fingerprint density at radius 2 is 1.05 bits per heavy atom. The number of benzene rings is 6. The van der Waals surface area contributed by atoms with Gasteiger partial charge in [-0.1, -0.05) is 133 Å². The van der Waals surface area contributed by atoms with Crippen molar-refractivity contribution in [1.82, 2.24) is 4.57 Å². The van der Waals surface area contributed by atoms with Crippen LogP contribution in [0.4, 0.5) is 0 Å². The fourth-order valence-corrected chi connectivity index (χ4v) is 5.70. The van der Waals surface area contributed by atoms with E-state index in [1.807, 2.05) is 47.6 Å². The van der Waals surface area contributed by atoms with E-state index in [0.29, 0.717) is 0 Å². The van der Waals surface area contributed by atoms with E-state index in [9.17, 15) is 0 Å². The first-order valence-corrected chi connectivity index (χ1v) is 14.6. The second-order valence-corrected chi connectivity index (χ2v) is 8.96. The minimum atomic E-state index is 0.928. The summed E-state index contributed by atoms with van der Waals surface area (Å²) in [5.74, 6) is 0. The normalized spacial score (nSPS) is 10.8. The molecule has 2 heteroatoms. The van der Waals surface area contributed by atoms with Gasteiger partial charge in [0.05, 0.1) is 11.0 Å². The minimum Gasteiger partial charge on any atom is -0.455 e. The molecule has 0 N–H and O–H groups in total. The fourth-order valence-electron chi connectivity index (χ4n) is 5.70. The van der Waals surface area contributed by atoms with Crippen LogP contribution in [-0.4, -0.2) is 4.57 Å². The van der Waals surface area contributed by atoms with Crippen LogP contribution in [0, 0.1) is 0 Å². The van der Waals surface area contributed by atoms with Crippen LogP contribution >= 0.6 is 0 Å². The molecule has 0 saturated heterocycles. The zero-order chi connectivity index (χ0) is 28.2. The van der Waals surface area contributed by atoms with Crippen LogP contribution in [0.5, 0.6) is 0 Å². The summed E-state index contributed by atoms with van der Waals surface area (Å²) in [5, 5.41) is 9.69. The van der Waals surface area contributed by atoms with Crippen molar-refractivity contribution in [1.29, 1.82) is 0 Å². The van der Waals surface area contributed by atoms with E-state index in [2.05, 4.69) is 114 Å². The standard InChI is InChI=1S/C32H19NO.3C2H6/c1-2-10-21-19-22(18-17-20(21)9-1)33-27-15-7-5-13-25(27)29-30-26-14-6-8-16-28(26)34-32(30)24-12-4-3-11-23(24)31(29)33;3*1-2/h1-19H;3*1-2H3. The number of nitrogens with zero attached hydrogens (tertiary/aromatic N) is 1. The molecule has 0 unspecified atom stereocenters. The van der Waals surface area contributed by atoms with Crippen molar-refractivity contribution in [2.24, 2.45) is 0 Å². The van der Waals surface area contributed by atoms with Crippen molar-refractivity contribution in [2.75, 3.05) is 0 Å². The molecule has 2 aromatic heterocycles. The molecule has 8 aromatic rings. The van der Waals surface area contributed by atoms with Crippen LogP contribution < -0.4 is 0 Å². The summed E-state index contributed by atoms with van der Waals surface area (Å²) in [6.07, 6.45) is 0. The summed E-state index contributed by atoms with van der Waals surface area (Å²) >= 11 is 0. The lowest BCUT2D eigenvalue weighted by molar-refractivity contribution is 0.673. The Kier molecular flexibility index (Phi) is 7.89. The van der Waals surface area contributed by atoms with Gasteiger partial charge in [-0.2, -0.15) is 0 Å². The van der Waals surface area contributed by atoms with Gasteiger partial charge in [-0.3, -0.25) is 0 Å². The van der Waals surface area contributed by atoms with Crippen molar-refractivity contribution in [2.45, 2.75) is 41.5 Å². The summed E-state index contributed by atoms with van der Waals surface area (Å²) in [4.78, 5) is 0. The molecule has 0 aliphatic carbocycles. The highest BCUT2D eigenvalue weighted by molar-refractivity contribution is 6.35. The van der Waals surface area contributed by atoms with E-state index < -0.39 is 0 Å². The summed E-state index contributed by atoms with van der Waals surface area (Å²) in [5.41, 5.74) is 5.49. The van der Waals surface area contributed by atoms with Gasteiger partial charge < -0.3 is 8.98 Å². The van der Waals surface area contributed by atoms with E-state index in [4.69, 9.17) is 4.42 Å². The largest absolute Gasteiger partial charge is 0.455 e. The SMILES string of the molecule is CC.CC.CC.c1ccc2cc(-n3c4ccccc4c4c5c6ccccc6oc5c5ccccc5c43)ccc2c1. The van der Waals surface area contributed by atoms with Crippen LogP contribution in [0.15, 0.2) is 120 Å². The molecule has 0 aliphatic heterocycles. The third-order valence-electron chi connectivity index (χ3n) is 7.14. The Hall–Kier alpha value is -4.56. The summed E-state index contributed by atoms with van der Waals surface area (Å²) in [6, 6.07) is 41.1. The fraction of sp³-hybridized carbons (Fsp3) is 0.158. The maximum absolute atomic E-state index is 6.49. The Balaban J connectivity index is 0.000000507. The molecule has 200 valence electrons. The van der Waals surface area contributed by atoms with E-state index in [0.717, 1.165) is 21.9 Å². The topological polar surface area (TPSA) is 18.1 Å². The molecule has 6 aromatic carbocycles. The molecule has 0 amide bonds. The number of rotatable bonds is 1. The van der Waals surface area contributed by atoms with Gasteiger partial charge in [-0.05, 0) is 35.0 Å². The van der Waals surface area contributed by atoms with Gasteiger partial charge in [0.2, 0.25) is 0 Å².